The van der Waals surface area contributed by atoms with E-state index in [-0.39, 0.29) is 0 Å². The molecule has 8 aromatic carbocycles. The SMILES string of the molecule is c1ccc(-c2cccc(-c3ccc4oc5c(-n6c7ccccc7c7cc(-n8c9ccccc9c9ccccc98)ccc76)cccc5c4c3)c2)cc1. The number of furan rings is 1. The van der Waals surface area contributed by atoms with Crippen LogP contribution in [0, 0.1) is 0 Å². The number of para-hydroxylation sites is 4. The van der Waals surface area contributed by atoms with Crippen molar-refractivity contribution in [2.24, 2.45) is 0 Å². The van der Waals surface area contributed by atoms with Crippen LogP contribution in [-0.4, -0.2) is 9.13 Å². The molecule has 0 radical (unpaired) electrons. The van der Waals surface area contributed by atoms with Gasteiger partial charge in [0.05, 0.1) is 27.8 Å². The third-order valence-corrected chi connectivity index (χ3v) is 10.5. The summed E-state index contributed by atoms with van der Waals surface area (Å²) in [6, 6.07) is 65.4. The van der Waals surface area contributed by atoms with E-state index < -0.39 is 0 Å². The first-order chi connectivity index (χ1) is 25.3. The summed E-state index contributed by atoms with van der Waals surface area (Å²) < 4.78 is 11.5. The van der Waals surface area contributed by atoms with Gasteiger partial charge in [-0.1, -0.05) is 121 Å². The van der Waals surface area contributed by atoms with Crippen LogP contribution in [-0.2, 0) is 0 Å². The fourth-order valence-corrected chi connectivity index (χ4v) is 8.21. The molecule has 3 nitrogen and oxygen atoms in total. The lowest BCUT2D eigenvalue weighted by molar-refractivity contribution is 0.666. The van der Waals surface area contributed by atoms with Crippen molar-refractivity contribution in [3.8, 4) is 33.6 Å². The zero-order valence-corrected chi connectivity index (χ0v) is 27.6. The maximum atomic E-state index is 6.74. The van der Waals surface area contributed by atoms with Crippen LogP contribution in [0.25, 0.3) is 99.2 Å². The summed E-state index contributed by atoms with van der Waals surface area (Å²) in [5.41, 5.74) is 13.4. The zero-order valence-electron chi connectivity index (χ0n) is 27.6. The number of benzene rings is 8. The molecule has 0 aliphatic heterocycles. The number of nitrogens with zero attached hydrogens (tertiary/aromatic N) is 2. The van der Waals surface area contributed by atoms with Crippen molar-refractivity contribution in [2.75, 3.05) is 0 Å². The van der Waals surface area contributed by atoms with Crippen LogP contribution in [0.2, 0.25) is 0 Å². The molecule has 0 amide bonds. The van der Waals surface area contributed by atoms with Crippen molar-refractivity contribution in [3.63, 3.8) is 0 Å². The van der Waals surface area contributed by atoms with Crippen molar-refractivity contribution in [1.29, 1.82) is 0 Å². The monoisotopic (exact) mass is 650 g/mol. The minimum Gasteiger partial charge on any atom is -0.454 e. The molecule has 0 aliphatic carbocycles. The fourth-order valence-electron chi connectivity index (χ4n) is 8.21. The smallest absolute Gasteiger partial charge is 0.159 e. The second kappa shape index (κ2) is 10.8. The van der Waals surface area contributed by atoms with E-state index >= 15 is 0 Å². The van der Waals surface area contributed by atoms with Gasteiger partial charge in [-0.3, -0.25) is 0 Å². The van der Waals surface area contributed by atoms with Crippen molar-refractivity contribution in [3.05, 3.63) is 182 Å². The average molecular weight is 651 g/mol. The molecule has 3 aromatic heterocycles. The second-order valence-electron chi connectivity index (χ2n) is 13.3. The average Bonchev–Trinajstić information content (AvgIpc) is 3.86. The lowest BCUT2D eigenvalue weighted by atomic mass is 9.98. The zero-order chi connectivity index (χ0) is 33.5. The van der Waals surface area contributed by atoms with Gasteiger partial charge in [-0.15, -0.1) is 0 Å². The quantitative estimate of drug-likeness (QED) is 0.186. The fraction of sp³-hybridized carbons (Fsp3) is 0. The minimum absolute atomic E-state index is 0.884. The van der Waals surface area contributed by atoms with Crippen LogP contribution in [0.15, 0.2) is 186 Å². The summed E-state index contributed by atoms with van der Waals surface area (Å²) in [6.45, 7) is 0. The van der Waals surface area contributed by atoms with E-state index in [0.717, 1.165) is 44.3 Å². The predicted octanol–water partition coefficient (Wildman–Crippen LogP) is 13.1. The molecule has 238 valence electrons. The maximum Gasteiger partial charge on any atom is 0.159 e. The van der Waals surface area contributed by atoms with Crippen molar-refractivity contribution in [2.45, 2.75) is 0 Å². The molecule has 11 aromatic rings. The van der Waals surface area contributed by atoms with Crippen molar-refractivity contribution >= 4 is 65.6 Å². The Morgan fingerprint density at radius 2 is 0.863 bits per heavy atom. The van der Waals surface area contributed by atoms with Crippen LogP contribution in [0.5, 0.6) is 0 Å². The van der Waals surface area contributed by atoms with Crippen LogP contribution in [0.1, 0.15) is 0 Å². The predicted molar refractivity (Wildman–Crippen MR) is 213 cm³/mol. The minimum atomic E-state index is 0.884. The molecule has 3 heterocycles. The summed E-state index contributed by atoms with van der Waals surface area (Å²) in [6.07, 6.45) is 0. The molecular weight excluding hydrogens is 621 g/mol. The summed E-state index contributed by atoms with van der Waals surface area (Å²) in [5.74, 6) is 0. The van der Waals surface area contributed by atoms with E-state index in [4.69, 9.17) is 4.42 Å². The Balaban J connectivity index is 1.10. The Bertz CT molecular complexity index is 3090. The van der Waals surface area contributed by atoms with E-state index in [0.29, 0.717) is 0 Å². The summed E-state index contributed by atoms with van der Waals surface area (Å²) >= 11 is 0. The third kappa shape index (κ3) is 4.19. The molecule has 3 heteroatoms. The molecule has 0 atom stereocenters. The summed E-state index contributed by atoms with van der Waals surface area (Å²) in [4.78, 5) is 0. The van der Waals surface area contributed by atoms with Crippen LogP contribution >= 0.6 is 0 Å². The first-order valence-electron chi connectivity index (χ1n) is 17.4. The normalized spacial score (nSPS) is 11.9. The van der Waals surface area contributed by atoms with Crippen LogP contribution in [0.4, 0.5) is 0 Å². The molecular formula is C48H30N2O. The number of hydrogen-bond acceptors (Lipinski definition) is 1. The molecule has 0 bridgehead atoms. The van der Waals surface area contributed by atoms with Gasteiger partial charge in [-0.05, 0) is 82.9 Å². The largest absolute Gasteiger partial charge is 0.454 e. The molecule has 0 fully saturated rings. The van der Waals surface area contributed by atoms with Gasteiger partial charge in [0.1, 0.15) is 5.58 Å². The molecule has 0 spiro atoms. The van der Waals surface area contributed by atoms with Gasteiger partial charge in [0, 0.05) is 38.0 Å². The van der Waals surface area contributed by atoms with E-state index in [1.807, 2.05) is 0 Å². The molecule has 0 unspecified atom stereocenters. The van der Waals surface area contributed by atoms with Gasteiger partial charge >= 0.3 is 0 Å². The number of fused-ring (bicyclic) bond motifs is 9. The number of aromatic nitrogens is 2. The first kappa shape index (κ1) is 28.0. The first-order valence-corrected chi connectivity index (χ1v) is 17.4. The maximum absolute atomic E-state index is 6.74. The third-order valence-electron chi connectivity index (χ3n) is 10.5. The molecule has 0 N–H and O–H groups in total. The molecule has 0 aliphatic rings. The van der Waals surface area contributed by atoms with Gasteiger partial charge in [0.2, 0.25) is 0 Å². The van der Waals surface area contributed by atoms with E-state index in [1.54, 1.807) is 0 Å². The van der Waals surface area contributed by atoms with Gasteiger partial charge in [0.15, 0.2) is 5.58 Å². The Morgan fingerprint density at radius 1 is 0.314 bits per heavy atom. The summed E-state index contributed by atoms with van der Waals surface area (Å²) in [5, 5.41) is 7.17. The highest BCUT2D eigenvalue weighted by Gasteiger charge is 2.19. The van der Waals surface area contributed by atoms with Crippen molar-refractivity contribution in [1.82, 2.24) is 9.13 Å². The van der Waals surface area contributed by atoms with Gasteiger partial charge < -0.3 is 13.6 Å². The van der Waals surface area contributed by atoms with E-state index in [2.05, 4.69) is 191 Å². The van der Waals surface area contributed by atoms with E-state index in [1.165, 1.54) is 54.8 Å². The molecule has 0 saturated carbocycles. The lowest BCUT2D eigenvalue weighted by Crippen LogP contribution is -1.96. The molecule has 51 heavy (non-hydrogen) atoms. The molecule has 0 saturated heterocycles. The Kier molecular flexibility index (Phi) is 5.96. The lowest BCUT2D eigenvalue weighted by Gasteiger charge is -2.10. The van der Waals surface area contributed by atoms with Gasteiger partial charge in [-0.25, -0.2) is 0 Å². The standard InChI is InChI=1S/C48H30N2O/c1-2-12-31(13-3-1)32-14-10-15-33(28-32)34-24-27-47-41(29-34)39-19-11-23-46(48(39)51-47)50-44-22-9-6-18-38(44)40-30-35(25-26-45(40)50)49-42-20-7-4-16-36(42)37-17-5-8-21-43(37)49/h1-30H. The van der Waals surface area contributed by atoms with Gasteiger partial charge in [-0.2, -0.15) is 0 Å². The Morgan fingerprint density at radius 3 is 1.61 bits per heavy atom. The number of hydrogen-bond donors (Lipinski definition) is 0. The number of rotatable bonds is 4. The summed E-state index contributed by atoms with van der Waals surface area (Å²) in [7, 11) is 0. The second-order valence-corrected chi connectivity index (χ2v) is 13.3. The highest BCUT2D eigenvalue weighted by molar-refractivity contribution is 6.14. The molecule has 11 rings (SSSR count). The van der Waals surface area contributed by atoms with Gasteiger partial charge in [0.25, 0.3) is 0 Å². The van der Waals surface area contributed by atoms with Crippen molar-refractivity contribution < 1.29 is 4.42 Å². The van der Waals surface area contributed by atoms with Crippen LogP contribution in [0.3, 0.4) is 0 Å². The van der Waals surface area contributed by atoms with Crippen LogP contribution < -0.4 is 0 Å². The Labute approximate surface area is 293 Å². The Hall–Kier alpha value is -6.84. The highest BCUT2D eigenvalue weighted by atomic mass is 16.3. The topological polar surface area (TPSA) is 23.0 Å². The highest BCUT2D eigenvalue weighted by Crippen LogP contribution is 2.41. The van der Waals surface area contributed by atoms with E-state index in [9.17, 15) is 0 Å².